The van der Waals surface area contributed by atoms with Crippen LogP contribution >= 0.6 is 11.6 Å². The Morgan fingerprint density at radius 2 is 2.12 bits per heavy atom. The number of halogens is 1. The van der Waals surface area contributed by atoms with Gasteiger partial charge >= 0.3 is 0 Å². The van der Waals surface area contributed by atoms with Gasteiger partial charge in [0.1, 0.15) is 10.9 Å². The topological polar surface area (TPSA) is 31.2 Å². The van der Waals surface area contributed by atoms with E-state index in [0.717, 1.165) is 28.5 Å². The molecule has 0 radical (unpaired) electrons. The zero-order valence-corrected chi connectivity index (χ0v) is 10.1. The van der Waals surface area contributed by atoms with Crippen LogP contribution in [0.4, 0.5) is 0 Å². The summed E-state index contributed by atoms with van der Waals surface area (Å²) in [5.74, 6) is 0.762. The SMILES string of the molecule is COc1cc2c(C=O)c(Cl)n(C)c2cc1C. The normalized spacial score (nSPS) is 10.8. The summed E-state index contributed by atoms with van der Waals surface area (Å²) >= 11 is 6.08. The van der Waals surface area contributed by atoms with E-state index in [-0.39, 0.29) is 0 Å². The number of nitrogens with zero attached hydrogens (tertiary/aromatic N) is 1. The third-order valence-electron chi connectivity index (χ3n) is 2.80. The molecule has 16 heavy (non-hydrogen) atoms. The number of hydrogen-bond acceptors (Lipinski definition) is 2. The molecule has 0 fully saturated rings. The Bertz CT molecular complexity index is 572. The van der Waals surface area contributed by atoms with Crippen molar-refractivity contribution in [2.45, 2.75) is 6.92 Å². The first-order valence-electron chi connectivity index (χ1n) is 4.87. The molecule has 0 atom stereocenters. The Balaban J connectivity index is 2.91. The molecule has 0 saturated carbocycles. The second-order valence-corrected chi connectivity index (χ2v) is 4.08. The lowest BCUT2D eigenvalue weighted by molar-refractivity contribution is 0.112. The molecule has 2 rings (SSSR count). The first kappa shape index (κ1) is 11.0. The fourth-order valence-corrected chi connectivity index (χ4v) is 2.13. The summed E-state index contributed by atoms with van der Waals surface area (Å²) in [6.07, 6.45) is 0.777. The molecule has 4 heteroatoms. The molecule has 0 N–H and O–H groups in total. The van der Waals surface area contributed by atoms with E-state index in [2.05, 4.69) is 0 Å². The number of rotatable bonds is 2. The van der Waals surface area contributed by atoms with Gasteiger partial charge in [-0.15, -0.1) is 0 Å². The molecule has 0 bridgehead atoms. The fraction of sp³-hybridized carbons (Fsp3) is 0.250. The van der Waals surface area contributed by atoms with Crippen molar-refractivity contribution in [3.8, 4) is 5.75 Å². The molecule has 1 aromatic heterocycles. The van der Waals surface area contributed by atoms with Crippen molar-refractivity contribution in [2.24, 2.45) is 7.05 Å². The highest BCUT2D eigenvalue weighted by Gasteiger charge is 2.14. The van der Waals surface area contributed by atoms with Crippen LogP contribution in [0.25, 0.3) is 10.9 Å². The summed E-state index contributed by atoms with van der Waals surface area (Å²) in [6.45, 7) is 1.96. The van der Waals surface area contributed by atoms with Crippen molar-refractivity contribution < 1.29 is 9.53 Å². The number of aldehydes is 1. The zero-order chi connectivity index (χ0) is 11.9. The highest BCUT2D eigenvalue weighted by Crippen LogP contribution is 2.32. The van der Waals surface area contributed by atoms with Crippen molar-refractivity contribution in [1.82, 2.24) is 4.57 Å². The largest absolute Gasteiger partial charge is 0.496 e. The molecule has 3 nitrogen and oxygen atoms in total. The molecule has 0 saturated heterocycles. The Hall–Kier alpha value is -1.48. The Labute approximate surface area is 98.6 Å². The summed E-state index contributed by atoms with van der Waals surface area (Å²) < 4.78 is 7.03. The highest BCUT2D eigenvalue weighted by atomic mass is 35.5. The molecule has 0 aliphatic heterocycles. The molecule has 0 unspecified atom stereocenters. The number of hydrogen-bond donors (Lipinski definition) is 0. The lowest BCUT2D eigenvalue weighted by Gasteiger charge is -2.05. The van der Waals surface area contributed by atoms with Crippen LogP contribution in [0, 0.1) is 6.92 Å². The van der Waals surface area contributed by atoms with Crippen LogP contribution < -0.4 is 4.74 Å². The third-order valence-corrected chi connectivity index (χ3v) is 3.26. The summed E-state index contributed by atoms with van der Waals surface area (Å²) in [4.78, 5) is 11.0. The number of benzene rings is 1. The third kappa shape index (κ3) is 1.39. The Kier molecular flexibility index (Phi) is 2.64. The van der Waals surface area contributed by atoms with Gasteiger partial charge in [-0.2, -0.15) is 0 Å². The number of fused-ring (bicyclic) bond motifs is 1. The number of carbonyl (C=O) groups excluding carboxylic acids is 1. The number of aromatic nitrogens is 1. The van der Waals surface area contributed by atoms with Crippen LogP contribution in [0.2, 0.25) is 5.15 Å². The molecular formula is C12H12ClNO2. The lowest BCUT2D eigenvalue weighted by atomic mass is 10.1. The monoisotopic (exact) mass is 237 g/mol. The van der Waals surface area contributed by atoms with E-state index in [9.17, 15) is 4.79 Å². The average molecular weight is 238 g/mol. The van der Waals surface area contributed by atoms with E-state index in [0.29, 0.717) is 10.7 Å². The predicted molar refractivity (Wildman–Crippen MR) is 64.6 cm³/mol. The molecule has 0 aliphatic rings. The number of aryl methyl sites for hydroxylation is 2. The maximum Gasteiger partial charge on any atom is 0.153 e. The summed E-state index contributed by atoms with van der Waals surface area (Å²) in [5.41, 5.74) is 2.47. The van der Waals surface area contributed by atoms with Gasteiger partial charge in [0.2, 0.25) is 0 Å². The standard InChI is InChI=1S/C12H12ClNO2/c1-7-4-10-8(5-11(7)16-3)9(6-15)12(13)14(10)2/h4-6H,1-3H3. The van der Waals surface area contributed by atoms with Crippen molar-refractivity contribution >= 4 is 28.8 Å². The van der Waals surface area contributed by atoms with E-state index in [4.69, 9.17) is 16.3 Å². The minimum Gasteiger partial charge on any atom is -0.496 e. The first-order valence-corrected chi connectivity index (χ1v) is 5.25. The van der Waals surface area contributed by atoms with Gasteiger partial charge in [-0.05, 0) is 24.6 Å². The summed E-state index contributed by atoms with van der Waals surface area (Å²) in [6, 6.07) is 3.81. The zero-order valence-electron chi connectivity index (χ0n) is 9.37. The number of ether oxygens (including phenoxy) is 1. The molecule has 0 aliphatic carbocycles. The number of carbonyl (C=O) groups is 1. The van der Waals surface area contributed by atoms with Gasteiger partial charge in [0, 0.05) is 12.4 Å². The van der Waals surface area contributed by atoms with Crippen LogP contribution in [0.1, 0.15) is 15.9 Å². The van der Waals surface area contributed by atoms with Crippen LogP contribution in [-0.4, -0.2) is 18.0 Å². The van der Waals surface area contributed by atoms with Crippen LogP contribution in [0.15, 0.2) is 12.1 Å². The second kappa shape index (κ2) is 3.83. The highest BCUT2D eigenvalue weighted by molar-refractivity contribution is 6.34. The van der Waals surface area contributed by atoms with E-state index < -0.39 is 0 Å². The van der Waals surface area contributed by atoms with Crippen molar-refractivity contribution in [2.75, 3.05) is 7.11 Å². The van der Waals surface area contributed by atoms with Gasteiger partial charge in [-0.1, -0.05) is 11.6 Å². The quantitative estimate of drug-likeness (QED) is 0.752. The van der Waals surface area contributed by atoms with Gasteiger partial charge < -0.3 is 9.30 Å². The number of methoxy groups -OCH3 is 1. The van der Waals surface area contributed by atoms with Crippen LogP contribution in [0.3, 0.4) is 0 Å². The van der Waals surface area contributed by atoms with Crippen LogP contribution in [-0.2, 0) is 7.05 Å². The summed E-state index contributed by atoms with van der Waals surface area (Å²) in [7, 11) is 3.45. The lowest BCUT2D eigenvalue weighted by Crippen LogP contribution is -1.89. The van der Waals surface area contributed by atoms with E-state index in [1.54, 1.807) is 11.7 Å². The maximum atomic E-state index is 11.0. The second-order valence-electron chi connectivity index (χ2n) is 3.72. The summed E-state index contributed by atoms with van der Waals surface area (Å²) in [5, 5.41) is 1.28. The van der Waals surface area contributed by atoms with Gasteiger partial charge in [-0.3, -0.25) is 4.79 Å². The molecule has 84 valence electrons. The molecular weight excluding hydrogens is 226 g/mol. The van der Waals surface area contributed by atoms with E-state index in [1.165, 1.54) is 0 Å². The predicted octanol–water partition coefficient (Wildman–Crippen LogP) is 2.96. The molecule has 1 aromatic carbocycles. The molecule has 1 heterocycles. The Morgan fingerprint density at radius 3 is 2.69 bits per heavy atom. The van der Waals surface area contributed by atoms with E-state index in [1.807, 2.05) is 26.1 Å². The smallest absolute Gasteiger partial charge is 0.153 e. The minimum absolute atomic E-state index is 0.456. The van der Waals surface area contributed by atoms with Crippen LogP contribution in [0.5, 0.6) is 5.75 Å². The van der Waals surface area contributed by atoms with Crippen molar-refractivity contribution in [1.29, 1.82) is 0 Å². The van der Waals surface area contributed by atoms with Crippen molar-refractivity contribution in [3.63, 3.8) is 0 Å². The average Bonchev–Trinajstić information content (AvgIpc) is 2.51. The van der Waals surface area contributed by atoms with Gasteiger partial charge in [0.15, 0.2) is 6.29 Å². The van der Waals surface area contributed by atoms with Crippen molar-refractivity contribution in [3.05, 3.63) is 28.4 Å². The first-order chi connectivity index (χ1) is 7.60. The van der Waals surface area contributed by atoms with Gasteiger partial charge in [0.05, 0.1) is 18.2 Å². The maximum absolute atomic E-state index is 11.0. The molecule has 2 aromatic rings. The van der Waals surface area contributed by atoms with E-state index >= 15 is 0 Å². The molecule has 0 spiro atoms. The Morgan fingerprint density at radius 1 is 1.44 bits per heavy atom. The van der Waals surface area contributed by atoms with Gasteiger partial charge in [0.25, 0.3) is 0 Å². The minimum atomic E-state index is 0.456. The fourth-order valence-electron chi connectivity index (χ4n) is 1.90. The van der Waals surface area contributed by atoms with Gasteiger partial charge in [-0.25, -0.2) is 0 Å². The molecule has 0 amide bonds.